The first-order valence-electron chi connectivity index (χ1n) is 6.68. The van der Waals surface area contributed by atoms with Crippen molar-refractivity contribution in [1.29, 1.82) is 0 Å². The van der Waals surface area contributed by atoms with Crippen molar-refractivity contribution in [2.75, 3.05) is 0 Å². The zero-order chi connectivity index (χ0) is 15.3. The topological polar surface area (TPSA) is 17.1 Å². The molecule has 0 aliphatic rings. The van der Waals surface area contributed by atoms with Crippen LogP contribution >= 0.6 is 0 Å². The molecule has 0 saturated heterocycles. The van der Waals surface area contributed by atoms with E-state index in [0.29, 0.717) is 0 Å². The van der Waals surface area contributed by atoms with Crippen LogP contribution in [0.5, 0.6) is 0 Å². The van der Waals surface area contributed by atoms with E-state index in [-0.39, 0.29) is 12.3 Å². The maximum Gasteiger partial charge on any atom is 0.449 e. The lowest BCUT2D eigenvalue weighted by atomic mass is 9.87. The van der Waals surface area contributed by atoms with Gasteiger partial charge >= 0.3 is 6.18 Å². The van der Waals surface area contributed by atoms with E-state index in [1.807, 2.05) is 60.7 Å². The quantitative estimate of drug-likeness (QED) is 0.778. The van der Waals surface area contributed by atoms with Crippen molar-refractivity contribution in [2.24, 2.45) is 0 Å². The van der Waals surface area contributed by atoms with Crippen molar-refractivity contribution in [2.45, 2.75) is 24.9 Å². The Bertz CT molecular complexity index is 536. The molecule has 0 aliphatic carbocycles. The lowest BCUT2D eigenvalue weighted by Gasteiger charge is -2.18. The number of alkyl halides is 3. The van der Waals surface area contributed by atoms with Gasteiger partial charge in [0.05, 0.1) is 0 Å². The number of hydrogen-bond donors (Lipinski definition) is 0. The van der Waals surface area contributed by atoms with E-state index in [4.69, 9.17) is 0 Å². The Hall–Kier alpha value is -2.10. The van der Waals surface area contributed by atoms with Crippen LogP contribution in [0.3, 0.4) is 0 Å². The molecule has 4 heteroatoms. The Balaban J connectivity index is 2.20. The van der Waals surface area contributed by atoms with Gasteiger partial charge in [-0.3, -0.25) is 4.79 Å². The number of halogens is 3. The summed E-state index contributed by atoms with van der Waals surface area (Å²) in [6.45, 7) is 0. The third kappa shape index (κ3) is 4.18. The summed E-state index contributed by atoms with van der Waals surface area (Å²) in [6, 6.07) is 18.6. The van der Waals surface area contributed by atoms with Crippen LogP contribution in [0.25, 0.3) is 0 Å². The van der Waals surface area contributed by atoms with E-state index in [1.165, 1.54) is 0 Å². The van der Waals surface area contributed by atoms with Crippen molar-refractivity contribution in [1.82, 2.24) is 0 Å². The molecule has 1 nitrogen and oxygen atoms in total. The van der Waals surface area contributed by atoms with Gasteiger partial charge in [0.1, 0.15) is 0 Å². The molecule has 0 unspecified atom stereocenters. The summed E-state index contributed by atoms with van der Waals surface area (Å²) in [7, 11) is 0. The minimum Gasteiger partial charge on any atom is -0.290 e. The fraction of sp³-hybridized carbons (Fsp3) is 0.235. The predicted octanol–water partition coefficient (Wildman–Crippen LogP) is 4.73. The minimum atomic E-state index is -4.75. The lowest BCUT2D eigenvalue weighted by molar-refractivity contribution is -0.171. The third-order valence-electron chi connectivity index (χ3n) is 3.38. The van der Waals surface area contributed by atoms with E-state index >= 15 is 0 Å². The Labute approximate surface area is 121 Å². The highest BCUT2D eigenvalue weighted by Crippen LogP contribution is 2.30. The summed E-state index contributed by atoms with van der Waals surface area (Å²) in [5.74, 6) is -1.88. The number of carbonyl (C=O) groups excluding carboxylic acids is 1. The van der Waals surface area contributed by atoms with Gasteiger partial charge in [0.15, 0.2) is 0 Å². The zero-order valence-electron chi connectivity index (χ0n) is 11.3. The van der Waals surface area contributed by atoms with Crippen molar-refractivity contribution in [3.8, 4) is 0 Å². The molecule has 0 atom stereocenters. The lowest BCUT2D eigenvalue weighted by Crippen LogP contribution is -2.23. The summed E-state index contributed by atoms with van der Waals surface area (Å²) in [5.41, 5.74) is 1.83. The molecule has 0 bridgehead atoms. The molecule has 2 rings (SSSR count). The van der Waals surface area contributed by atoms with Gasteiger partial charge in [-0.2, -0.15) is 13.2 Å². The van der Waals surface area contributed by atoms with Crippen molar-refractivity contribution in [3.63, 3.8) is 0 Å². The number of ketones is 1. The van der Waals surface area contributed by atoms with Gasteiger partial charge in [-0.1, -0.05) is 60.7 Å². The molecule has 0 saturated carbocycles. The second kappa shape index (κ2) is 6.57. The average molecular weight is 292 g/mol. The molecule has 21 heavy (non-hydrogen) atoms. The van der Waals surface area contributed by atoms with Gasteiger partial charge in [-0.15, -0.1) is 0 Å². The van der Waals surface area contributed by atoms with Gasteiger partial charge < -0.3 is 0 Å². The SMILES string of the molecule is O=C(CCC(c1ccccc1)c1ccccc1)C(F)(F)F. The van der Waals surface area contributed by atoms with Crippen LogP contribution in [0, 0.1) is 0 Å². The highest BCUT2D eigenvalue weighted by Gasteiger charge is 2.37. The number of benzene rings is 2. The van der Waals surface area contributed by atoms with E-state index in [1.54, 1.807) is 0 Å². The van der Waals surface area contributed by atoms with Crippen LogP contribution in [0.2, 0.25) is 0 Å². The standard InChI is InChI=1S/C17H15F3O/c18-17(19,20)16(21)12-11-15(13-7-3-1-4-8-13)14-9-5-2-6-10-14/h1-10,15H,11-12H2. The summed E-state index contributed by atoms with van der Waals surface area (Å²) in [6.07, 6.45) is -5.11. The molecular weight excluding hydrogens is 277 g/mol. The summed E-state index contributed by atoms with van der Waals surface area (Å²) < 4.78 is 37.1. The Morgan fingerprint density at radius 1 is 0.857 bits per heavy atom. The van der Waals surface area contributed by atoms with E-state index in [2.05, 4.69) is 0 Å². The van der Waals surface area contributed by atoms with Crippen molar-refractivity contribution < 1.29 is 18.0 Å². The number of rotatable bonds is 5. The maximum atomic E-state index is 12.4. The minimum absolute atomic E-state index is 0.145. The van der Waals surface area contributed by atoms with E-state index in [9.17, 15) is 18.0 Å². The van der Waals surface area contributed by atoms with Crippen molar-refractivity contribution in [3.05, 3.63) is 71.8 Å². The first-order chi connectivity index (χ1) is 9.98. The van der Waals surface area contributed by atoms with E-state index < -0.39 is 18.4 Å². The predicted molar refractivity (Wildman–Crippen MR) is 75.0 cm³/mol. The summed E-state index contributed by atoms with van der Waals surface area (Å²) >= 11 is 0. The summed E-state index contributed by atoms with van der Waals surface area (Å²) in [4.78, 5) is 11.1. The van der Waals surface area contributed by atoms with Crippen LogP contribution in [-0.2, 0) is 4.79 Å². The second-order valence-corrected chi connectivity index (χ2v) is 4.83. The Kier molecular flexibility index (Phi) is 4.78. The smallest absolute Gasteiger partial charge is 0.290 e. The fourth-order valence-electron chi connectivity index (χ4n) is 2.31. The van der Waals surface area contributed by atoms with Crippen molar-refractivity contribution >= 4 is 5.78 Å². The molecule has 0 heterocycles. The van der Waals surface area contributed by atoms with Gasteiger partial charge in [-0.25, -0.2) is 0 Å². The molecular formula is C17H15F3O. The van der Waals surface area contributed by atoms with E-state index in [0.717, 1.165) is 11.1 Å². The molecule has 0 aromatic heterocycles. The fourth-order valence-corrected chi connectivity index (χ4v) is 2.31. The number of Topliss-reactive ketones (excluding diaryl/α,β-unsaturated/α-hetero) is 1. The highest BCUT2D eigenvalue weighted by molar-refractivity contribution is 5.84. The Morgan fingerprint density at radius 3 is 1.67 bits per heavy atom. The molecule has 0 aliphatic heterocycles. The first-order valence-corrected chi connectivity index (χ1v) is 6.68. The van der Waals surface area contributed by atoms with Crippen LogP contribution < -0.4 is 0 Å². The molecule has 0 radical (unpaired) electrons. The molecule has 2 aromatic rings. The van der Waals surface area contributed by atoms with Crippen LogP contribution in [-0.4, -0.2) is 12.0 Å². The van der Waals surface area contributed by atoms with Gasteiger partial charge in [0, 0.05) is 12.3 Å². The number of hydrogen-bond acceptors (Lipinski definition) is 1. The molecule has 110 valence electrons. The molecule has 0 fully saturated rings. The average Bonchev–Trinajstić information content (AvgIpc) is 2.48. The largest absolute Gasteiger partial charge is 0.449 e. The molecule has 2 aromatic carbocycles. The first kappa shape index (κ1) is 15.3. The maximum absolute atomic E-state index is 12.4. The Morgan fingerprint density at radius 2 is 1.29 bits per heavy atom. The van der Waals surface area contributed by atoms with Gasteiger partial charge in [0.2, 0.25) is 5.78 Å². The molecule has 0 spiro atoms. The monoisotopic (exact) mass is 292 g/mol. The van der Waals surface area contributed by atoms with Crippen LogP contribution in [0.1, 0.15) is 29.9 Å². The normalized spacial score (nSPS) is 11.6. The van der Waals surface area contributed by atoms with Gasteiger partial charge in [0.25, 0.3) is 0 Å². The van der Waals surface area contributed by atoms with Crippen LogP contribution in [0.4, 0.5) is 13.2 Å². The summed E-state index contributed by atoms with van der Waals surface area (Å²) in [5, 5.41) is 0. The zero-order valence-corrected chi connectivity index (χ0v) is 11.3. The number of carbonyl (C=O) groups is 1. The molecule has 0 amide bonds. The van der Waals surface area contributed by atoms with Crippen LogP contribution in [0.15, 0.2) is 60.7 Å². The molecule has 0 N–H and O–H groups in total. The van der Waals surface area contributed by atoms with Gasteiger partial charge in [-0.05, 0) is 17.5 Å². The highest BCUT2D eigenvalue weighted by atomic mass is 19.4. The third-order valence-corrected chi connectivity index (χ3v) is 3.38. The second-order valence-electron chi connectivity index (χ2n) is 4.83.